The zero-order valence-electron chi connectivity index (χ0n) is 11.3. The van der Waals surface area contributed by atoms with Gasteiger partial charge in [-0.15, -0.1) is 0 Å². The van der Waals surface area contributed by atoms with Gasteiger partial charge in [0, 0.05) is 11.9 Å². The van der Waals surface area contributed by atoms with E-state index in [-0.39, 0.29) is 10.6 Å². The SMILES string of the molecule is CC(=O)N[C@@H](C)C(=O)N[C@@H](c1ccc(Cl)cc1)C(F)(F)F. The average Bonchev–Trinajstić information content (AvgIpc) is 2.34. The Bertz CT molecular complexity index is 517. The van der Waals surface area contributed by atoms with E-state index in [2.05, 4.69) is 5.32 Å². The zero-order valence-corrected chi connectivity index (χ0v) is 12.0. The lowest BCUT2D eigenvalue weighted by Crippen LogP contribution is -2.48. The lowest BCUT2D eigenvalue weighted by Gasteiger charge is -2.24. The summed E-state index contributed by atoms with van der Waals surface area (Å²) >= 11 is 5.63. The summed E-state index contributed by atoms with van der Waals surface area (Å²) in [5.74, 6) is -1.44. The van der Waals surface area contributed by atoms with Gasteiger partial charge in [0.1, 0.15) is 6.04 Å². The van der Waals surface area contributed by atoms with Crippen molar-refractivity contribution in [3.05, 3.63) is 34.9 Å². The van der Waals surface area contributed by atoms with E-state index < -0.39 is 30.1 Å². The van der Waals surface area contributed by atoms with E-state index in [0.29, 0.717) is 0 Å². The fraction of sp³-hybridized carbons (Fsp3) is 0.385. The summed E-state index contributed by atoms with van der Waals surface area (Å²) in [7, 11) is 0. The van der Waals surface area contributed by atoms with Crippen molar-refractivity contribution in [3.8, 4) is 0 Å². The van der Waals surface area contributed by atoms with Crippen LogP contribution in [-0.2, 0) is 9.59 Å². The third kappa shape index (κ3) is 5.26. The maximum atomic E-state index is 13.1. The van der Waals surface area contributed by atoms with Gasteiger partial charge in [0.15, 0.2) is 6.04 Å². The molecule has 1 rings (SSSR count). The standard InChI is InChI=1S/C13H14ClF3N2O2/c1-7(18-8(2)20)12(21)19-11(13(15,16)17)9-3-5-10(14)6-4-9/h3-7,11H,1-2H3,(H,18,20)(H,19,21)/t7-,11-/m0/s1. The van der Waals surface area contributed by atoms with Crippen LogP contribution in [0.2, 0.25) is 5.02 Å². The highest BCUT2D eigenvalue weighted by molar-refractivity contribution is 6.30. The lowest BCUT2D eigenvalue weighted by atomic mass is 10.1. The molecule has 0 radical (unpaired) electrons. The number of hydrogen-bond donors (Lipinski definition) is 2. The molecular weight excluding hydrogens is 309 g/mol. The number of carbonyl (C=O) groups is 2. The van der Waals surface area contributed by atoms with E-state index in [1.54, 1.807) is 0 Å². The van der Waals surface area contributed by atoms with E-state index in [1.165, 1.54) is 38.1 Å². The molecule has 116 valence electrons. The summed E-state index contributed by atoms with van der Waals surface area (Å²) in [6, 6.07) is 1.74. The number of alkyl halides is 3. The van der Waals surface area contributed by atoms with E-state index >= 15 is 0 Å². The van der Waals surface area contributed by atoms with Gasteiger partial charge in [0.05, 0.1) is 0 Å². The molecule has 1 aromatic carbocycles. The second-order valence-electron chi connectivity index (χ2n) is 4.46. The number of nitrogens with one attached hydrogen (secondary N) is 2. The van der Waals surface area contributed by atoms with Gasteiger partial charge in [-0.3, -0.25) is 9.59 Å². The van der Waals surface area contributed by atoms with E-state index in [9.17, 15) is 22.8 Å². The van der Waals surface area contributed by atoms with Crippen LogP contribution in [0.4, 0.5) is 13.2 Å². The van der Waals surface area contributed by atoms with Crippen LogP contribution in [-0.4, -0.2) is 24.0 Å². The zero-order chi connectivity index (χ0) is 16.2. The van der Waals surface area contributed by atoms with E-state index in [0.717, 1.165) is 0 Å². The Morgan fingerprint density at radius 3 is 2.10 bits per heavy atom. The first-order valence-corrected chi connectivity index (χ1v) is 6.38. The molecule has 0 bridgehead atoms. The Balaban J connectivity index is 2.92. The summed E-state index contributed by atoms with van der Waals surface area (Å²) in [4.78, 5) is 22.5. The summed E-state index contributed by atoms with van der Waals surface area (Å²) in [6.45, 7) is 2.47. The van der Waals surface area contributed by atoms with Gasteiger partial charge >= 0.3 is 6.18 Å². The molecular formula is C13H14ClF3N2O2. The van der Waals surface area contributed by atoms with Gasteiger partial charge in [0.25, 0.3) is 0 Å². The fourth-order valence-electron chi connectivity index (χ4n) is 1.65. The van der Waals surface area contributed by atoms with Gasteiger partial charge < -0.3 is 10.6 Å². The summed E-state index contributed by atoms with van der Waals surface area (Å²) < 4.78 is 39.2. The average molecular weight is 323 g/mol. The number of rotatable bonds is 4. The monoisotopic (exact) mass is 322 g/mol. The van der Waals surface area contributed by atoms with Gasteiger partial charge in [0.2, 0.25) is 11.8 Å². The minimum Gasteiger partial charge on any atom is -0.345 e. The van der Waals surface area contributed by atoms with Crippen molar-refractivity contribution >= 4 is 23.4 Å². The molecule has 0 fully saturated rings. The third-order valence-electron chi connectivity index (χ3n) is 2.63. The van der Waals surface area contributed by atoms with Crippen LogP contribution in [0.25, 0.3) is 0 Å². The largest absolute Gasteiger partial charge is 0.412 e. The molecule has 2 atom stereocenters. The first-order valence-electron chi connectivity index (χ1n) is 6.01. The minimum absolute atomic E-state index is 0.143. The Morgan fingerprint density at radius 2 is 1.67 bits per heavy atom. The van der Waals surface area contributed by atoms with Crippen molar-refractivity contribution in [1.82, 2.24) is 10.6 Å². The van der Waals surface area contributed by atoms with E-state index in [4.69, 9.17) is 11.6 Å². The minimum atomic E-state index is -4.67. The summed E-state index contributed by atoms with van der Waals surface area (Å²) in [5, 5.41) is 4.39. The van der Waals surface area contributed by atoms with Gasteiger partial charge in [-0.25, -0.2) is 0 Å². The van der Waals surface area contributed by atoms with Crippen molar-refractivity contribution in [2.45, 2.75) is 32.1 Å². The molecule has 2 amide bonds. The van der Waals surface area contributed by atoms with Gasteiger partial charge in [-0.1, -0.05) is 23.7 Å². The normalized spacial score (nSPS) is 14.2. The van der Waals surface area contributed by atoms with Crippen molar-refractivity contribution in [3.63, 3.8) is 0 Å². The van der Waals surface area contributed by atoms with Crippen LogP contribution >= 0.6 is 11.6 Å². The molecule has 0 heterocycles. The smallest absolute Gasteiger partial charge is 0.345 e. The second-order valence-corrected chi connectivity index (χ2v) is 4.89. The maximum Gasteiger partial charge on any atom is 0.412 e. The quantitative estimate of drug-likeness (QED) is 0.895. The fourth-order valence-corrected chi connectivity index (χ4v) is 1.77. The summed E-state index contributed by atoms with van der Waals surface area (Å²) in [6.07, 6.45) is -4.67. The molecule has 0 saturated carbocycles. The van der Waals surface area contributed by atoms with Crippen LogP contribution in [0, 0.1) is 0 Å². The lowest BCUT2D eigenvalue weighted by molar-refractivity contribution is -0.164. The van der Waals surface area contributed by atoms with Gasteiger partial charge in [-0.05, 0) is 24.6 Å². The molecule has 0 aliphatic carbocycles. The van der Waals surface area contributed by atoms with Crippen molar-refractivity contribution < 1.29 is 22.8 Å². The molecule has 0 aliphatic heterocycles. The molecule has 0 spiro atoms. The molecule has 0 aromatic heterocycles. The Morgan fingerprint density at radius 1 is 1.14 bits per heavy atom. The number of carbonyl (C=O) groups excluding carboxylic acids is 2. The predicted molar refractivity (Wildman–Crippen MR) is 71.7 cm³/mol. The number of halogens is 4. The number of amides is 2. The van der Waals surface area contributed by atoms with Crippen LogP contribution in [0.1, 0.15) is 25.5 Å². The number of hydrogen-bond acceptors (Lipinski definition) is 2. The highest BCUT2D eigenvalue weighted by atomic mass is 35.5. The van der Waals surface area contributed by atoms with Crippen molar-refractivity contribution in [2.24, 2.45) is 0 Å². The Kier molecular flexibility index (Phi) is 5.60. The maximum absolute atomic E-state index is 13.1. The Labute approximate surface area is 124 Å². The van der Waals surface area contributed by atoms with Crippen molar-refractivity contribution in [1.29, 1.82) is 0 Å². The highest BCUT2D eigenvalue weighted by Gasteiger charge is 2.42. The molecule has 2 N–H and O–H groups in total. The number of benzene rings is 1. The molecule has 21 heavy (non-hydrogen) atoms. The highest BCUT2D eigenvalue weighted by Crippen LogP contribution is 2.33. The van der Waals surface area contributed by atoms with E-state index in [1.807, 2.05) is 5.32 Å². The molecule has 8 heteroatoms. The van der Waals surface area contributed by atoms with Crippen LogP contribution in [0.3, 0.4) is 0 Å². The first-order chi connectivity index (χ1) is 9.61. The van der Waals surface area contributed by atoms with Crippen LogP contribution in [0.15, 0.2) is 24.3 Å². The van der Waals surface area contributed by atoms with Crippen LogP contribution < -0.4 is 10.6 Å². The van der Waals surface area contributed by atoms with Crippen molar-refractivity contribution in [2.75, 3.05) is 0 Å². The third-order valence-corrected chi connectivity index (χ3v) is 2.88. The second kappa shape index (κ2) is 6.80. The Hall–Kier alpha value is -1.76. The molecule has 4 nitrogen and oxygen atoms in total. The molecule has 0 aliphatic rings. The topological polar surface area (TPSA) is 58.2 Å². The molecule has 0 unspecified atom stereocenters. The molecule has 0 saturated heterocycles. The van der Waals surface area contributed by atoms with Gasteiger partial charge in [-0.2, -0.15) is 13.2 Å². The summed E-state index contributed by atoms with van der Waals surface area (Å²) in [5.41, 5.74) is -0.143. The first kappa shape index (κ1) is 17.3. The molecule has 1 aromatic rings. The van der Waals surface area contributed by atoms with Crippen LogP contribution in [0.5, 0.6) is 0 Å². The predicted octanol–water partition coefficient (Wildman–Crippen LogP) is 2.58.